The third-order valence-corrected chi connectivity index (χ3v) is 3.28. The van der Waals surface area contributed by atoms with Crippen molar-refractivity contribution in [2.45, 2.75) is 12.8 Å². The van der Waals surface area contributed by atoms with Crippen LogP contribution < -0.4 is 5.73 Å². The fourth-order valence-corrected chi connectivity index (χ4v) is 1.99. The van der Waals surface area contributed by atoms with E-state index in [1.165, 1.54) is 12.8 Å². The molecule has 2 N–H and O–H groups in total. The third kappa shape index (κ3) is 2.16. The molecule has 0 amide bonds. The molecule has 3 heteroatoms. The number of nitrogens with two attached hydrogens (primary N) is 1. The lowest BCUT2D eigenvalue weighted by atomic mass is 10.1. The number of esters is 1. The Balaban J connectivity index is 1.89. The molecule has 0 bridgehead atoms. The van der Waals surface area contributed by atoms with E-state index in [1.54, 1.807) is 6.07 Å². The van der Waals surface area contributed by atoms with Crippen LogP contribution in [0.5, 0.6) is 0 Å². The van der Waals surface area contributed by atoms with Gasteiger partial charge in [0.15, 0.2) is 0 Å². The highest BCUT2D eigenvalue weighted by Crippen LogP contribution is 2.29. The fraction of sp³-hybridized carbons (Fsp3) is 0.267. The van der Waals surface area contributed by atoms with Crippen molar-refractivity contribution in [3.8, 4) is 0 Å². The second-order valence-corrected chi connectivity index (χ2v) is 4.83. The van der Waals surface area contributed by atoms with Crippen molar-refractivity contribution in [1.82, 2.24) is 0 Å². The molecule has 0 heterocycles. The Morgan fingerprint density at radius 1 is 1.22 bits per heavy atom. The molecular weight excluding hydrogens is 226 g/mol. The Bertz CT molecular complexity index is 602. The predicted octanol–water partition coefficient (Wildman–Crippen LogP) is 2.99. The molecule has 0 aromatic heterocycles. The minimum absolute atomic E-state index is 0.315. The Morgan fingerprint density at radius 3 is 2.56 bits per heavy atom. The van der Waals surface area contributed by atoms with Crippen LogP contribution in [-0.4, -0.2) is 12.6 Å². The number of nitrogen functional groups attached to an aromatic ring is 1. The highest BCUT2D eigenvalue weighted by atomic mass is 16.5. The zero-order chi connectivity index (χ0) is 12.5. The molecule has 92 valence electrons. The molecule has 1 fully saturated rings. The Labute approximate surface area is 106 Å². The van der Waals surface area contributed by atoms with Gasteiger partial charge in [-0.15, -0.1) is 0 Å². The van der Waals surface area contributed by atoms with E-state index >= 15 is 0 Å². The molecule has 0 spiro atoms. The molecule has 2 aromatic rings. The molecule has 1 aliphatic carbocycles. The number of rotatable bonds is 3. The monoisotopic (exact) mass is 241 g/mol. The quantitative estimate of drug-likeness (QED) is 0.664. The Morgan fingerprint density at radius 2 is 1.89 bits per heavy atom. The van der Waals surface area contributed by atoms with Gasteiger partial charge >= 0.3 is 5.97 Å². The summed E-state index contributed by atoms with van der Waals surface area (Å²) in [6, 6.07) is 11.5. The number of ether oxygens (including phenoxy) is 1. The molecule has 2 aromatic carbocycles. The average Bonchev–Trinajstić information content (AvgIpc) is 3.19. The zero-order valence-electron chi connectivity index (χ0n) is 10.1. The lowest BCUT2D eigenvalue weighted by Gasteiger charge is -2.08. The molecule has 1 aliphatic rings. The SMILES string of the molecule is Nc1cc2ccccc2cc1C(=O)OCC1CC1. The summed E-state index contributed by atoms with van der Waals surface area (Å²) in [5, 5.41) is 2.04. The lowest BCUT2D eigenvalue weighted by molar-refractivity contribution is 0.0487. The van der Waals surface area contributed by atoms with Crippen LogP contribution in [0.4, 0.5) is 5.69 Å². The summed E-state index contributed by atoms with van der Waals surface area (Å²) in [5.74, 6) is 0.251. The van der Waals surface area contributed by atoms with Crippen molar-refractivity contribution in [2.75, 3.05) is 12.3 Å². The summed E-state index contributed by atoms with van der Waals surface area (Å²) in [6.45, 7) is 0.519. The van der Waals surface area contributed by atoms with Crippen LogP contribution >= 0.6 is 0 Å². The first-order valence-corrected chi connectivity index (χ1v) is 6.19. The average molecular weight is 241 g/mol. The van der Waals surface area contributed by atoms with Crippen molar-refractivity contribution < 1.29 is 9.53 Å². The van der Waals surface area contributed by atoms with Crippen molar-refractivity contribution >= 4 is 22.4 Å². The first-order chi connectivity index (χ1) is 8.74. The zero-order valence-corrected chi connectivity index (χ0v) is 10.1. The van der Waals surface area contributed by atoms with Crippen LogP contribution in [0.1, 0.15) is 23.2 Å². The smallest absolute Gasteiger partial charge is 0.340 e. The molecule has 18 heavy (non-hydrogen) atoms. The summed E-state index contributed by atoms with van der Waals surface area (Å²) in [4.78, 5) is 11.9. The van der Waals surface area contributed by atoms with Gasteiger partial charge in [0.1, 0.15) is 0 Å². The van der Waals surface area contributed by atoms with Gasteiger partial charge in [-0.2, -0.15) is 0 Å². The van der Waals surface area contributed by atoms with Gasteiger partial charge in [-0.3, -0.25) is 0 Å². The number of fused-ring (bicyclic) bond motifs is 1. The fourth-order valence-electron chi connectivity index (χ4n) is 1.99. The number of carbonyl (C=O) groups is 1. The van der Waals surface area contributed by atoms with Gasteiger partial charge in [-0.25, -0.2) is 4.79 Å². The highest BCUT2D eigenvalue weighted by molar-refractivity contribution is 6.01. The van der Waals surface area contributed by atoms with Gasteiger partial charge < -0.3 is 10.5 Å². The van der Waals surface area contributed by atoms with E-state index in [1.807, 2.05) is 30.3 Å². The van der Waals surface area contributed by atoms with E-state index in [9.17, 15) is 4.79 Å². The van der Waals surface area contributed by atoms with Crippen molar-refractivity contribution in [2.24, 2.45) is 5.92 Å². The van der Waals surface area contributed by atoms with Crippen LogP contribution in [-0.2, 0) is 4.74 Å². The predicted molar refractivity (Wildman–Crippen MR) is 71.4 cm³/mol. The summed E-state index contributed by atoms with van der Waals surface area (Å²) >= 11 is 0. The van der Waals surface area contributed by atoms with Gasteiger partial charge in [-0.1, -0.05) is 24.3 Å². The number of hydrogen-bond acceptors (Lipinski definition) is 3. The summed E-state index contributed by atoms with van der Waals surface area (Å²) in [7, 11) is 0. The van der Waals surface area contributed by atoms with E-state index in [0.29, 0.717) is 23.8 Å². The van der Waals surface area contributed by atoms with Crippen molar-refractivity contribution in [1.29, 1.82) is 0 Å². The molecule has 1 saturated carbocycles. The van der Waals surface area contributed by atoms with Gasteiger partial charge in [0.2, 0.25) is 0 Å². The maximum Gasteiger partial charge on any atom is 0.340 e. The van der Waals surface area contributed by atoms with E-state index < -0.39 is 0 Å². The molecule has 0 atom stereocenters. The molecule has 0 aliphatic heterocycles. The standard InChI is InChI=1S/C15H15NO2/c16-14-8-12-4-2-1-3-11(12)7-13(14)15(17)18-9-10-5-6-10/h1-4,7-8,10H,5-6,9,16H2. The molecule has 0 saturated heterocycles. The molecular formula is C15H15NO2. The number of anilines is 1. The van der Waals surface area contributed by atoms with Crippen LogP contribution in [0.3, 0.4) is 0 Å². The maximum absolute atomic E-state index is 11.9. The largest absolute Gasteiger partial charge is 0.462 e. The summed E-state index contributed by atoms with van der Waals surface area (Å²) in [5.41, 5.74) is 6.86. The number of benzene rings is 2. The molecule has 0 unspecified atom stereocenters. The van der Waals surface area contributed by atoms with Gasteiger partial charge in [0.05, 0.1) is 12.2 Å². The summed E-state index contributed by atoms with van der Waals surface area (Å²) < 4.78 is 5.26. The van der Waals surface area contributed by atoms with Crippen molar-refractivity contribution in [3.63, 3.8) is 0 Å². The normalized spacial score (nSPS) is 14.7. The van der Waals surface area contributed by atoms with Crippen molar-refractivity contribution in [3.05, 3.63) is 42.0 Å². The van der Waals surface area contributed by atoms with E-state index in [4.69, 9.17) is 10.5 Å². The van der Waals surface area contributed by atoms with Crippen LogP contribution in [0.2, 0.25) is 0 Å². The van der Waals surface area contributed by atoms with Gasteiger partial charge in [0, 0.05) is 5.69 Å². The minimum atomic E-state index is -0.315. The number of carbonyl (C=O) groups excluding carboxylic acids is 1. The topological polar surface area (TPSA) is 52.3 Å². The highest BCUT2D eigenvalue weighted by Gasteiger charge is 2.23. The van der Waals surface area contributed by atoms with Crippen LogP contribution in [0, 0.1) is 5.92 Å². The second-order valence-electron chi connectivity index (χ2n) is 4.83. The third-order valence-electron chi connectivity index (χ3n) is 3.28. The Kier molecular flexibility index (Phi) is 2.67. The first kappa shape index (κ1) is 11.1. The second kappa shape index (κ2) is 4.33. The lowest BCUT2D eigenvalue weighted by Crippen LogP contribution is -2.10. The first-order valence-electron chi connectivity index (χ1n) is 6.19. The van der Waals surface area contributed by atoms with Gasteiger partial charge in [-0.05, 0) is 41.7 Å². The molecule has 3 nitrogen and oxygen atoms in total. The van der Waals surface area contributed by atoms with E-state index in [0.717, 1.165) is 10.8 Å². The van der Waals surface area contributed by atoms with E-state index in [2.05, 4.69) is 0 Å². The number of hydrogen-bond donors (Lipinski definition) is 1. The van der Waals surface area contributed by atoms with Crippen LogP contribution in [0.25, 0.3) is 10.8 Å². The van der Waals surface area contributed by atoms with Gasteiger partial charge in [0.25, 0.3) is 0 Å². The van der Waals surface area contributed by atoms with Crippen LogP contribution in [0.15, 0.2) is 36.4 Å². The molecule has 0 radical (unpaired) electrons. The maximum atomic E-state index is 11.9. The van der Waals surface area contributed by atoms with E-state index in [-0.39, 0.29) is 5.97 Å². The Hall–Kier alpha value is -2.03. The summed E-state index contributed by atoms with van der Waals surface area (Å²) in [6.07, 6.45) is 2.33. The molecule has 3 rings (SSSR count). The minimum Gasteiger partial charge on any atom is -0.462 e.